The Morgan fingerprint density at radius 1 is 1.20 bits per heavy atom. The van der Waals surface area contributed by atoms with Gasteiger partial charge in [-0.2, -0.15) is 0 Å². The van der Waals surface area contributed by atoms with Gasteiger partial charge in [-0.3, -0.25) is 4.79 Å². The monoisotopic (exact) mass is 446 g/mol. The Morgan fingerprint density at radius 3 is 2.63 bits per heavy atom. The van der Waals surface area contributed by atoms with Crippen molar-refractivity contribution in [1.82, 2.24) is 9.55 Å². The fourth-order valence-electron chi connectivity index (χ4n) is 2.91. The number of thiophene rings is 1. The van der Waals surface area contributed by atoms with Crippen LogP contribution in [0.1, 0.15) is 15.2 Å². The number of fused-ring (bicyclic) bond motifs is 1. The summed E-state index contributed by atoms with van der Waals surface area (Å²) < 4.78 is 19.5. The zero-order valence-electron chi connectivity index (χ0n) is 15.0. The molecule has 0 bridgehead atoms. The van der Waals surface area contributed by atoms with Gasteiger partial charge in [-0.05, 0) is 29.8 Å². The Balaban J connectivity index is 1.77. The fraction of sp³-hybridized carbons (Fsp3) is 0.0500. The van der Waals surface area contributed by atoms with Crippen molar-refractivity contribution in [2.24, 2.45) is 0 Å². The number of ether oxygens (including phenoxy) is 1. The number of halogens is 2. The first-order chi connectivity index (χ1) is 14.3. The van der Waals surface area contributed by atoms with Gasteiger partial charge in [-0.25, -0.2) is 18.5 Å². The lowest BCUT2D eigenvalue weighted by Gasteiger charge is -2.11. The Bertz CT molecular complexity index is 1390. The Morgan fingerprint density at radius 2 is 1.93 bits per heavy atom. The molecule has 2 aromatic carbocycles. The van der Waals surface area contributed by atoms with Crippen molar-refractivity contribution < 1.29 is 19.0 Å². The second-order valence-electron chi connectivity index (χ2n) is 6.26. The minimum atomic E-state index is -1.27. The van der Waals surface area contributed by atoms with E-state index in [1.165, 1.54) is 29.6 Å². The molecular weight excluding hydrogens is 435 g/mol. The third-order valence-corrected chi connectivity index (χ3v) is 5.61. The van der Waals surface area contributed by atoms with Crippen LogP contribution in [-0.2, 0) is 6.61 Å². The van der Waals surface area contributed by atoms with Gasteiger partial charge in [0.25, 0.3) is 5.56 Å². The molecule has 0 aliphatic carbocycles. The predicted molar refractivity (Wildman–Crippen MR) is 111 cm³/mol. The van der Waals surface area contributed by atoms with E-state index in [1.54, 1.807) is 18.2 Å². The van der Waals surface area contributed by atoms with Crippen LogP contribution < -0.4 is 16.0 Å². The van der Waals surface area contributed by atoms with Crippen molar-refractivity contribution in [2.75, 3.05) is 0 Å². The molecule has 2 N–H and O–H groups in total. The molecule has 7 nitrogen and oxygen atoms in total. The van der Waals surface area contributed by atoms with Crippen molar-refractivity contribution in [3.63, 3.8) is 0 Å². The van der Waals surface area contributed by atoms with Crippen LogP contribution in [-0.4, -0.2) is 20.6 Å². The van der Waals surface area contributed by atoms with Crippen LogP contribution in [0.15, 0.2) is 57.4 Å². The largest absolute Gasteiger partial charge is 0.489 e. The van der Waals surface area contributed by atoms with E-state index in [2.05, 4.69) is 4.98 Å². The maximum atomic E-state index is 13.0. The van der Waals surface area contributed by atoms with E-state index in [-0.39, 0.29) is 38.9 Å². The van der Waals surface area contributed by atoms with E-state index in [0.29, 0.717) is 11.3 Å². The van der Waals surface area contributed by atoms with Gasteiger partial charge in [0.2, 0.25) is 0 Å². The first kappa shape index (κ1) is 19.9. The van der Waals surface area contributed by atoms with Crippen molar-refractivity contribution >= 4 is 39.8 Å². The second kappa shape index (κ2) is 7.77. The predicted octanol–water partition coefficient (Wildman–Crippen LogP) is 3.81. The molecule has 30 heavy (non-hydrogen) atoms. The first-order valence-electron chi connectivity index (χ1n) is 8.52. The Kier molecular flexibility index (Phi) is 5.15. The molecule has 0 saturated heterocycles. The second-order valence-corrected chi connectivity index (χ2v) is 7.54. The van der Waals surface area contributed by atoms with Crippen LogP contribution in [0.25, 0.3) is 16.6 Å². The molecular formula is C20H12ClFN2O5S. The molecule has 4 aromatic rings. The normalized spacial score (nSPS) is 11.0. The number of hydrogen-bond donors (Lipinski definition) is 2. The van der Waals surface area contributed by atoms with E-state index in [9.17, 15) is 23.9 Å². The van der Waals surface area contributed by atoms with Crippen molar-refractivity contribution in [3.8, 4) is 11.4 Å². The topological polar surface area (TPSA) is 101 Å². The lowest BCUT2D eigenvalue weighted by molar-refractivity contribution is 0.0704. The molecule has 2 heterocycles. The molecule has 0 amide bonds. The molecule has 0 aliphatic rings. The van der Waals surface area contributed by atoms with E-state index >= 15 is 0 Å². The van der Waals surface area contributed by atoms with Gasteiger partial charge < -0.3 is 14.8 Å². The fourth-order valence-corrected chi connectivity index (χ4v) is 3.94. The van der Waals surface area contributed by atoms with Crippen LogP contribution in [0, 0.1) is 5.82 Å². The molecule has 10 heteroatoms. The summed E-state index contributed by atoms with van der Waals surface area (Å²) in [6.45, 7) is 0.124. The number of carboxylic acid groups (broad SMARTS) is 1. The van der Waals surface area contributed by atoms with Crippen LogP contribution in [0.4, 0.5) is 4.39 Å². The summed E-state index contributed by atoms with van der Waals surface area (Å²) >= 11 is 7.06. The number of rotatable bonds is 5. The SMILES string of the molecule is O=C(O)c1scc2[nH]c(=O)n(-c3cc(OCc4ccc(F)cc4)ccc3Cl)c(=O)c12. The number of nitrogens with zero attached hydrogens (tertiary/aromatic N) is 1. The number of aromatic nitrogens is 2. The summed E-state index contributed by atoms with van der Waals surface area (Å²) in [6, 6.07) is 10.2. The summed E-state index contributed by atoms with van der Waals surface area (Å²) in [6.07, 6.45) is 0. The Hall–Kier alpha value is -3.43. The number of H-pyrrole nitrogens is 1. The molecule has 0 radical (unpaired) electrons. The average molecular weight is 447 g/mol. The molecule has 0 saturated carbocycles. The number of carbonyl (C=O) groups is 1. The minimum absolute atomic E-state index is 0.0453. The van der Waals surface area contributed by atoms with Crippen LogP contribution >= 0.6 is 22.9 Å². The zero-order valence-corrected chi connectivity index (χ0v) is 16.6. The Labute approximate surface area is 176 Å². The van der Waals surface area contributed by atoms with Gasteiger partial charge in [0, 0.05) is 11.4 Å². The zero-order chi connectivity index (χ0) is 21.4. The number of carboxylic acids is 1. The summed E-state index contributed by atoms with van der Waals surface area (Å²) in [5, 5.41) is 10.7. The number of aromatic carboxylic acids is 1. The van der Waals surface area contributed by atoms with Gasteiger partial charge in [0.1, 0.15) is 23.1 Å². The standard InChI is InChI=1S/C20H12ClFN2O5S/c21-13-6-5-12(29-8-10-1-3-11(22)4-2-10)7-15(13)24-18(25)16-14(23-20(24)28)9-30-17(16)19(26)27/h1-7,9H,8H2,(H,23,28)(H,26,27). The van der Waals surface area contributed by atoms with Gasteiger partial charge in [-0.15, -0.1) is 11.3 Å². The van der Waals surface area contributed by atoms with Crippen molar-refractivity contribution in [3.05, 3.63) is 90.0 Å². The lowest BCUT2D eigenvalue weighted by Crippen LogP contribution is -2.34. The van der Waals surface area contributed by atoms with Crippen LogP contribution in [0.5, 0.6) is 5.75 Å². The summed E-state index contributed by atoms with van der Waals surface area (Å²) in [4.78, 5) is 39.2. The summed E-state index contributed by atoms with van der Waals surface area (Å²) in [5.74, 6) is -1.32. The third-order valence-electron chi connectivity index (χ3n) is 4.32. The molecule has 0 unspecified atom stereocenters. The molecule has 0 aliphatic heterocycles. The van der Waals surface area contributed by atoms with Gasteiger partial charge in [0.15, 0.2) is 0 Å². The van der Waals surface area contributed by atoms with E-state index < -0.39 is 17.2 Å². The molecule has 4 rings (SSSR count). The number of hydrogen-bond acceptors (Lipinski definition) is 5. The van der Waals surface area contributed by atoms with Gasteiger partial charge in [-0.1, -0.05) is 23.7 Å². The highest BCUT2D eigenvalue weighted by atomic mass is 35.5. The molecule has 0 atom stereocenters. The van der Waals surface area contributed by atoms with E-state index in [4.69, 9.17) is 16.3 Å². The molecule has 0 spiro atoms. The number of nitrogens with one attached hydrogen (secondary N) is 1. The molecule has 0 fully saturated rings. The number of benzene rings is 2. The maximum Gasteiger partial charge on any atom is 0.346 e. The highest BCUT2D eigenvalue weighted by Gasteiger charge is 2.20. The van der Waals surface area contributed by atoms with Gasteiger partial charge in [0.05, 0.1) is 21.6 Å². The van der Waals surface area contributed by atoms with Crippen LogP contribution in [0.2, 0.25) is 5.02 Å². The summed E-state index contributed by atoms with van der Waals surface area (Å²) in [5.41, 5.74) is -0.661. The lowest BCUT2D eigenvalue weighted by atomic mass is 10.2. The molecule has 2 aromatic heterocycles. The minimum Gasteiger partial charge on any atom is -0.489 e. The van der Waals surface area contributed by atoms with Crippen molar-refractivity contribution in [2.45, 2.75) is 6.61 Å². The maximum absolute atomic E-state index is 13.0. The summed E-state index contributed by atoms with van der Waals surface area (Å²) in [7, 11) is 0. The highest BCUT2D eigenvalue weighted by Crippen LogP contribution is 2.26. The van der Waals surface area contributed by atoms with Gasteiger partial charge >= 0.3 is 11.7 Å². The van der Waals surface area contributed by atoms with E-state index in [1.807, 2.05) is 0 Å². The highest BCUT2D eigenvalue weighted by molar-refractivity contribution is 7.13. The quantitative estimate of drug-likeness (QED) is 0.485. The average Bonchev–Trinajstić information content (AvgIpc) is 3.14. The number of aromatic amines is 1. The third kappa shape index (κ3) is 3.60. The van der Waals surface area contributed by atoms with E-state index in [0.717, 1.165) is 15.9 Å². The van der Waals surface area contributed by atoms with Crippen molar-refractivity contribution in [1.29, 1.82) is 0 Å². The first-order valence-corrected chi connectivity index (χ1v) is 9.78. The molecule has 152 valence electrons. The van der Waals surface area contributed by atoms with Crippen LogP contribution in [0.3, 0.4) is 0 Å². The smallest absolute Gasteiger partial charge is 0.346 e.